The van der Waals surface area contributed by atoms with Gasteiger partial charge in [0, 0.05) is 10.8 Å². The molecule has 9 rings (SSSR count). The van der Waals surface area contributed by atoms with Crippen LogP contribution in [0.5, 0.6) is 0 Å². The molecule has 3 amide bonds. The van der Waals surface area contributed by atoms with Gasteiger partial charge in [0.15, 0.2) is 5.78 Å². The van der Waals surface area contributed by atoms with Crippen molar-refractivity contribution < 1.29 is 43.3 Å². The molecule has 376 valence electrons. The lowest BCUT2D eigenvalue weighted by atomic mass is 9.74. The highest BCUT2D eigenvalue weighted by Gasteiger charge is 2.47. The number of carbonyl (C=O) groups is 5. The van der Waals surface area contributed by atoms with E-state index in [1.54, 1.807) is 22.7 Å². The van der Waals surface area contributed by atoms with E-state index in [1.165, 1.54) is 6.42 Å². The highest BCUT2D eigenvalue weighted by Crippen LogP contribution is 2.42. The smallest absolute Gasteiger partial charge is 0.408 e. The number of halogens is 2. The molecule has 2 aromatic heterocycles. The van der Waals surface area contributed by atoms with Crippen LogP contribution < -0.4 is 21.7 Å². The Kier molecular flexibility index (Phi) is 20.8. The molecule has 15 nitrogen and oxygen atoms in total. The normalized spacial score (nSPS) is 16.8. The highest BCUT2D eigenvalue weighted by molar-refractivity contribution is 9.09. The maximum atomic E-state index is 12.0. The lowest BCUT2D eigenvalue weighted by molar-refractivity contribution is -0.148. The van der Waals surface area contributed by atoms with Crippen molar-refractivity contribution in [2.24, 2.45) is 5.73 Å². The molecular formula is C51H62BrClN6O9S2. The number of ether oxygens (including phenoxy) is 3. The van der Waals surface area contributed by atoms with E-state index in [9.17, 15) is 24.0 Å². The van der Waals surface area contributed by atoms with Crippen LogP contribution in [0.15, 0.2) is 102 Å². The molecule has 0 atom stereocenters. The van der Waals surface area contributed by atoms with Crippen LogP contribution in [0.1, 0.15) is 115 Å². The van der Waals surface area contributed by atoms with E-state index in [2.05, 4.69) is 47.2 Å². The molecule has 5 aromatic rings. The molecule has 2 heterocycles. The van der Waals surface area contributed by atoms with E-state index >= 15 is 0 Å². The Morgan fingerprint density at radius 3 is 1.26 bits per heavy atom. The minimum Gasteiger partial charge on any atom is -0.480 e. The summed E-state index contributed by atoms with van der Waals surface area (Å²) in [5.41, 5.74) is 8.71. The number of nitrogens with two attached hydrogens (primary N) is 1. The van der Waals surface area contributed by atoms with Crippen LogP contribution in [-0.4, -0.2) is 61.5 Å². The summed E-state index contributed by atoms with van der Waals surface area (Å²) >= 11 is 6.45. The first-order valence-corrected chi connectivity index (χ1v) is 26.0. The van der Waals surface area contributed by atoms with Gasteiger partial charge in [-0.2, -0.15) is 0 Å². The van der Waals surface area contributed by atoms with Gasteiger partial charge in [-0.1, -0.05) is 107 Å². The van der Waals surface area contributed by atoms with Crippen LogP contribution in [0.2, 0.25) is 0 Å². The topological polar surface area (TPSA) is 221 Å². The van der Waals surface area contributed by atoms with Crippen LogP contribution in [0.3, 0.4) is 0 Å². The second kappa shape index (κ2) is 26.2. The number of thiazole rings is 2. The minimum absolute atomic E-state index is 0. The first-order valence-electron chi connectivity index (χ1n) is 23.1. The van der Waals surface area contributed by atoms with E-state index in [4.69, 9.17) is 25.1 Å². The summed E-state index contributed by atoms with van der Waals surface area (Å²) in [7, 11) is 0. The zero-order valence-electron chi connectivity index (χ0n) is 39.4. The van der Waals surface area contributed by atoms with E-state index in [-0.39, 0.29) is 53.9 Å². The fourth-order valence-corrected chi connectivity index (χ4v) is 9.85. The molecule has 0 radical (unpaired) electrons. The third-order valence-corrected chi connectivity index (χ3v) is 14.9. The molecule has 70 heavy (non-hydrogen) atoms. The van der Waals surface area contributed by atoms with Crippen molar-refractivity contribution in [3.05, 3.63) is 140 Å². The van der Waals surface area contributed by atoms with Crippen molar-refractivity contribution in [3.63, 3.8) is 0 Å². The summed E-state index contributed by atoms with van der Waals surface area (Å²) in [4.78, 5) is 67.1. The van der Waals surface area contributed by atoms with Gasteiger partial charge in [0.1, 0.15) is 30.9 Å². The number of amides is 3. The summed E-state index contributed by atoms with van der Waals surface area (Å²) in [6.07, 6.45) is 8.93. The highest BCUT2D eigenvalue weighted by atomic mass is 79.9. The zero-order valence-corrected chi connectivity index (χ0v) is 43.5. The number of nitrogens with one attached hydrogen (secondary N) is 3. The summed E-state index contributed by atoms with van der Waals surface area (Å²) in [5, 5.41) is 23.7. The molecule has 4 saturated carbocycles. The Balaban J connectivity index is 0.000000176. The third kappa shape index (κ3) is 15.3. The maximum Gasteiger partial charge on any atom is 0.408 e. The standard InChI is InChI=1S/C16H18N2O2S.C14H16BrNO3.C13H15NO4.C8H12N2S.ClH/c1-12-17-14(11-21-12)16(8-5-9-16)18-15(19)20-10-13-6-3-2-4-7-13;15-9-12(17)14(7-4-8-14)16-13(18)19-10-11-5-2-1-3-6-11;15-11(16)13(7-4-8-13)14-12(17)18-9-10-5-2-1-3-6-10;1-6-10-7(5-11-6)8(9)3-2-4-8;/h2-4,6-7,11H,5,8-10H2,1H3,(H,18,19);1-3,5-6H,4,7-10H2,(H,16,18);1-3,5-6H,4,7-9H2,(H,14,17)(H,15,16);5H,2-4,9H2,1H3;1H. The van der Waals surface area contributed by atoms with E-state index in [0.717, 1.165) is 83.0 Å². The van der Waals surface area contributed by atoms with Crippen LogP contribution in [0, 0.1) is 13.8 Å². The van der Waals surface area contributed by atoms with E-state index in [0.29, 0.717) is 32.3 Å². The summed E-state index contributed by atoms with van der Waals surface area (Å²) < 4.78 is 15.4. The number of aliphatic carboxylic acids is 1. The van der Waals surface area contributed by atoms with Crippen molar-refractivity contribution in [1.29, 1.82) is 0 Å². The number of hydrogen-bond acceptors (Lipinski definition) is 13. The number of carbonyl (C=O) groups excluding carboxylic acids is 4. The monoisotopic (exact) mass is 1080 g/mol. The predicted octanol–water partition coefficient (Wildman–Crippen LogP) is 10.7. The van der Waals surface area contributed by atoms with E-state index in [1.807, 2.05) is 110 Å². The van der Waals surface area contributed by atoms with Gasteiger partial charge in [0.25, 0.3) is 0 Å². The number of benzene rings is 3. The number of alkyl carbamates (subject to hydrolysis) is 3. The van der Waals surface area contributed by atoms with Crippen molar-refractivity contribution in [3.8, 4) is 0 Å². The number of rotatable bonds is 14. The zero-order chi connectivity index (χ0) is 49.3. The quantitative estimate of drug-likeness (QED) is 0.0518. The molecule has 4 fully saturated rings. The number of ketones is 1. The number of alkyl halides is 1. The Bertz CT molecular complexity index is 2460. The summed E-state index contributed by atoms with van der Waals surface area (Å²) in [6, 6.07) is 28.4. The first kappa shape index (κ1) is 55.5. The van der Waals surface area contributed by atoms with Gasteiger partial charge in [-0.05, 0) is 108 Å². The lowest BCUT2D eigenvalue weighted by Gasteiger charge is -2.40. The fourth-order valence-electron chi connectivity index (χ4n) is 7.88. The number of carboxylic acid groups (broad SMARTS) is 1. The maximum absolute atomic E-state index is 12.0. The SMILES string of the molecule is Cc1nc(C2(N)CCC2)cs1.Cc1nc(C2(NC(=O)OCc3ccccc3)CCC2)cs1.Cl.O=C(NC1(C(=O)CBr)CCC1)OCc1ccccc1.O=C(NC1(C(=O)O)CCC1)OCc1ccccc1. The number of hydrogen-bond donors (Lipinski definition) is 5. The molecular weight excluding hydrogens is 1020 g/mol. The molecule has 4 aliphatic rings. The predicted molar refractivity (Wildman–Crippen MR) is 275 cm³/mol. The van der Waals surface area contributed by atoms with Crippen molar-refractivity contribution in [2.75, 3.05) is 5.33 Å². The molecule has 3 aromatic carbocycles. The summed E-state index contributed by atoms with van der Waals surface area (Å²) in [6.45, 7) is 4.65. The van der Waals surface area contributed by atoms with Crippen molar-refractivity contribution in [2.45, 2.75) is 133 Å². The summed E-state index contributed by atoms with van der Waals surface area (Å²) in [5.74, 6) is -0.985. The van der Waals surface area contributed by atoms with Crippen molar-refractivity contribution >= 4 is 81.0 Å². The van der Waals surface area contributed by atoms with Gasteiger partial charge in [0.05, 0.1) is 37.8 Å². The second-order valence-corrected chi connectivity index (χ2v) is 20.4. The van der Waals surface area contributed by atoms with Crippen molar-refractivity contribution in [1.82, 2.24) is 25.9 Å². The number of aryl methyl sites for hydroxylation is 2. The molecule has 6 N–H and O–H groups in total. The number of aromatic nitrogens is 2. The van der Waals surface area contributed by atoms with Gasteiger partial charge in [0.2, 0.25) is 0 Å². The van der Waals surface area contributed by atoms with Crippen LogP contribution in [0.25, 0.3) is 0 Å². The molecule has 4 aliphatic carbocycles. The average Bonchev–Trinajstić information content (AvgIpc) is 3.96. The molecule has 0 spiro atoms. The lowest BCUT2D eigenvalue weighted by Crippen LogP contribution is -2.59. The first-order chi connectivity index (χ1) is 33.2. The largest absolute Gasteiger partial charge is 0.480 e. The Hall–Kier alpha value is -5.40. The Morgan fingerprint density at radius 2 is 0.957 bits per heavy atom. The van der Waals surface area contributed by atoms with Crippen LogP contribution in [-0.2, 0) is 54.7 Å². The van der Waals surface area contributed by atoms with Gasteiger partial charge >= 0.3 is 24.2 Å². The molecule has 19 heteroatoms. The fraction of sp³-hybridized carbons (Fsp3) is 0.431. The number of Topliss-reactive ketones (excluding diaryl/α,β-unsaturated/α-hetero) is 1. The molecule has 0 bridgehead atoms. The van der Waals surface area contributed by atoms with Gasteiger partial charge in [-0.25, -0.2) is 29.1 Å². The Morgan fingerprint density at radius 1 is 0.586 bits per heavy atom. The average molecular weight is 1080 g/mol. The Labute approximate surface area is 431 Å². The number of carboxylic acids is 1. The van der Waals surface area contributed by atoms with Gasteiger partial charge < -0.3 is 41.0 Å². The third-order valence-electron chi connectivity index (χ3n) is 12.8. The van der Waals surface area contributed by atoms with Crippen LogP contribution in [0.4, 0.5) is 14.4 Å². The van der Waals surface area contributed by atoms with Gasteiger partial charge in [-0.3, -0.25) is 4.79 Å². The second-order valence-electron chi connectivity index (χ2n) is 17.7. The molecule has 0 aliphatic heterocycles. The van der Waals surface area contributed by atoms with Crippen LogP contribution >= 0.6 is 51.0 Å². The van der Waals surface area contributed by atoms with Gasteiger partial charge in [-0.15, -0.1) is 35.1 Å². The molecule has 0 unspecified atom stereocenters. The molecule has 0 saturated heterocycles. The van der Waals surface area contributed by atoms with E-state index < -0.39 is 29.2 Å². The minimum atomic E-state index is -1.12. The number of nitrogens with zero attached hydrogens (tertiary/aromatic N) is 2.